The van der Waals surface area contributed by atoms with Gasteiger partial charge in [0.1, 0.15) is 11.6 Å². The number of nitrogens with one attached hydrogen (secondary N) is 1. The number of nitrogens with zero attached hydrogens (tertiary/aromatic N) is 1. The summed E-state index contributed by atoms with van der Waals surface area (Å²) in [7, 11) is -3.46. The lowest BCUT2D eigenvalue weighted by Gasteiger charge is -2.04. The first-order valence-electron chi connectivity index (χ1n) is 3.85. The van der Waals surface area contributed by atoms with Gasteiger partial charge in [-0.15, -0.1) is 0 Å². The molecular formula is C7H10FN3O2S. The Kier molecular flexibility index (Phi) is 3.37. The van der Waals surface area contributed by atoms with Gasteiger partial charge in [0.05, 0.1) is 11.9 Å². The van der Waals surface area contributed by atoms with Crippen molar-refractivity contribution in [1.29, 1.82) is 0 Å². The van der Waals surface area contributed by atoms with Crippen molar-refractivity contribution in [3.8, 4) is 0 Å². The summed E-state index contributed by atoms with van der Waals surface area (Å²) in [4.78, 5) is 3.54. The maximum absolute atomic E-state index is 12.4. The highest BCUT2D eigenvalue weighted by molar-refractivity contribution is 7.92. The lowest BCUT2D eigenvalue weighted by atomic mass is 10.5. The molecule has 7 heteroatoms. The fourth-order valence-corrected chi connectivity index (χ4v) is 1.65. The molecule has 78 valence electrons. The largest absolute Gasteiger partial charge is 0.329 e. The molecule has 0 aliphatic carbocycles. The summed E-state index contributed by atoms with van der Waals surface area (Å²) >= 11 is 0. The third kappa shape index (κ3) is 3.27. The Morgan fingerprint density at radius 1 is 1.50 bits per heavy atom. The topological polar surface area (TPSA) is 85.1 Å². The minimum absolute atomic E-state index is 0.0243. The van der Waals surface area contributed by atoms with Gasteiger partial charge in [-0.2, -0.15) is 0 Å². The summed E-state index contributed by atoms with van der Waals surface area (Å²) in [5, 5.41) is 0. The predicted molar refractivity (Wildman–Crippen MR) is 50.7 cm³/mol. The molecule has 0 atom stereocenters. The van der Waals surface area contributed by atoms with E-state index < -0.39 is 15.8 Å². The van der Waals surface area contributed by atoms with Gasteiger partial charge in [0, 0.05) is 6.54 Å². The molecular weight excluding hydrogens is 209 g/mol. The highest BCUT2D eigenvalue weighted by atomic mass is 32.2. The van der Waals surface area contributed by atoms with Crippen molar-refractivity contribution in [3.05, 3.63) is 24.1 Å². The molecule has 1 rings (SSSR count). The minimum Gasteiger partial charge on any atom is -0.329 e. The van der Waals surface area contributed by atoms with Crippen LogP contribution in [-0.4, -0.2) is 25.7 Å². The van der Waals surface area contributed by atoms with Crippen LogP contribution in [0.5, 0.6) is 0 Å². The molecule has 0 radical (unpaired) electrons. The van der Waals surface area contributed by atoms with Crippen LogP contribution in [0.2, 0.25) is 0 Å². The SMILES string of the molecule is NCCS(=O)(=O)Nc1ccc(F)cn1. The summed E-state index contributed by atoms with van der Waals surface area (Å²) in [6.07, 6.45) is 0.931. The van der Waals surface area contributed by atoms with Gasteiger partial charge in [-0.25, -0.2) is 17.8 Å². The summed E-state index contributed by atoms with van der Waals surface area (Å²) in [5.41, 5.74) is 5.09. The van der Waals surface area contributed by atoms with E-state index in [0.29, 0.717) is 0 Å². The molecule has 0 saturated carbocycles. The summed E-state index contributed by atoms with van der Waals surface area (Å²) in [6, 6.07) is 2.36. The third-order valence-electron chi connectivity index (χ3n) is 1.37. The van der Waals surface area contributed by atoms with Crippen molar-refractivity contribution < 1.29 is 12.8 Å². The Bertz CT molecular complexity index is 390. The van der Waals surface area contributed by atoms with Crippen molar-refractivity contribution in [1.82, 2.24) is 4.98 Å². The van der Waals surface area contributed by atoms with Gasteiger partial charge >= 0.3 is 0 Å². The number of pyridine rings is 1. The highest BCUT2D eigenvalue weighted by Crippen LogP contribution is 2.05. The van der Waals surface area contributed by atoms with Crippen LogP contribution in [0.3, 0.4) is 0 Å². The van der Waals surface area contributed by atoms with E-state index in [1.165, 1.54) is 6.07 Å². The lowest BCUT2D eigenvalue weighted by Crippen LogP contribution is -2.22. The minimum atomic E-state index is -3.46. The van der Waals surface area contributed by atoms with E-state index in [1.54, 1.807) is 0 Å². The molecule has 14 heavy (non-hydrogen) atoms. The molecule has 0 saturated heterocycles. The molecule has 0 fully saturated rings. The van der Waals surface area contributed by atoms with Crippen LogP contribution >= 0.6 is 0 Å². The average Bonchev–Trinajstić information content (AvgIpc) is 2.08. The van der Waals surface area contributed by atoms with Crippen molar-refractivity contribution in [2.24, 2.45) is 5.73 Å². The van der Waals surface area contributed by atoms with Crippen LogP contribution in [-0.2, 0) is 10.0 Å². The van der Waals surface area contributed by atoms with Crippen LogP contribution in [0, 0.1) is 5.82 Å². The average molecular weight is 219 g/mol. The Hall–Kier alpha value is -1.21. The fraction of sp³-hybridized carbons (Fsp3) is 0.286. The number of halogens is 1. The highest BCUT2D eigenvalue weighted by Gasteiger charge is 2.09. The van der Waals surface area contributed by atoms with E-state index in [-0.39, 0.29) is 18.1 Å². The van der Waals surface area contributed by atoms with Crippen molar-refractivity contribution in [3.63, 3.8) is 0 Å². The molecule has 0 aliphatic heterocycles. The second-order valence-electron chi connectivity index (χ2n) is 2.57. The van der Waals surface area contributed by atoms with E-state index in [0.717, 1.165) is 12.3 Å². The predicted octanol–water partition coefficient (Wildman–Crippen LogP) is -0.0789. The Balaban J connectivity index is 2.74. The molecule has 3 N–H and O–H groups in total. The normalized spacial score (nSPS) is 11.3. The molecule has 0 aromatic carbocycles. The Morgan fingerprint density at radius 2 is 2.21 bits per heavy atom. The van der Waals surface area contributed by atoms with E-state index in [1.807, 2.05) is 0 Å². The number of rotatable bonds is 4. The molecule has 0 amide bonds. The van der Waals surface area contributed by atoms with Gasteiger partial charge in [-0.3, -0.25) is 4.72 Å². The van der Waals surface area contributed by atoms with Crippen LogP contribution in [0.15, 0.2) is 18.3 Å². The maximum Gasteiger partial charge on any atom is 0.235 e. The monoisotopic (exact) mass is 219 g/mol. The van der Waals surface area contributed by atoms with Crippen LogP contribution in [0.4, 0.5) is 10.2 Å². The maximum atomic E-state index is 12.4. The molecule has 1 aromatic rings. The van der Waals surface area contributed by atoms with Gasteiger partial charge in [0.15, 0.2) is 0 Å². The lowest BCUT2D eigenvalue weighted by molar-refractivity contribution is 0.600. The number of anilines is 1. The van der Waals surface area contributed by atoms with Crippen molar-refractivity contribution >= 4 is 15.8 Å². The summed E-state index contributed by atoms with van der Waals surface area (Å²) in [5.74, 6) is -0.627. The van der Waals surface area contributed by atoms with Crippen molar-refractivity contribution in [2.75, 3.05) is 17.0 Å². The molecule has 0 unspecified atom stereocenters. The summed E-state index contributed by atoms with van der Waals surface area (Å²) in [6.45, 7) is 0.0243. The molecule has 1 heterocycles. The Labute approximate surface area is 81.2 Å². The van der Waals surface area contributed by atoms with Crippen LogP contribution in [0.1, 0.15) is 0 Å². The smallest absolute Gasteiger partial charge is 0.235 e. The molecule has 0 spiro atoms. The third-order valence-corrected chi connectivity index (χ3v) is 2.67. The number of hydrogen-bond acceptors (Lipinski definition) is 4. The second kappa shape index (κ2) is 4.34. The molecule has 0 bridgehead atoms. The standard InChI is InChI=1S/C7H10FN3O2S/c8-6-1-2-7(10-5-6)11-14(12,13)4-3-9/h1-2,5H,3-4,9H2,(H,10,11). The molecule has 5 nitrogen and oxygen atoms in total. The quantitative estimate of drug-likeness (QED) is 0.741. The van der Waals surface area contributed by atoms with Gasteiger partial charge in [0.25, 0.3) is 0 Å². The van der Waals surface area contributed by atoms with E-state index in [4.69, 9.17) is 5.73 Å². The van der Waals surface area contributed by atoms with Crippen LogP contribution in [0.25, 0.3) is 0 Å². The fourth-order valence-electron chi connectivity index (χ4n) is 0.802. The zero-order valence-electron chi connectivity index (χ0n) is 7.27. The van der Waals surface area contributed by atoms with Gasteiger partial charge < -0.3 is 5.73 Å². The zero-order valence-corrected chi connectivity index (χ0v) is 8.09. The first-order chi connectivity index (χ1) is 6.53. The van der Waals surface area contributed by atoms with Crippen LogP contribution < -0.4 is 10.5 Å². The Morgan fingerprint density at radius 3 is 2.71 bits per heavy atom. The van der Waals surface area contributed by atoms with Gasteiger partial charge in [0.2, 0.25) is 10.0 Å². The summed E-state index contributed by atoms with van der Waals surface area (Å²) < 4.78 is 36.9. The number of aromatic nitrogens is 1. The van der Waals surface area contributed by atoms with Gasteiger partial charge in [-0.05, 0) is 12.1 Å². The second-order valence-corrected chi connectivity index (χ2v) is 4.41. The van der Waals surface area contributed by atoms with E-state index in [2.05, 4.69) is 9.71 Å². The molecule has 0 aliphatic rings. The number of sulfonamides is 1. The number of hydrogen-bond donors (Lipinski definition) is 2. The molecule has 1 aromatic heterocycles. The van der Waals surface area contributed by atoms with Crippen molar-refractivity contribution in [2.45, 2.75) is 0 Å². The first kappa shape index (κ1) is 10.9. The van der Waals surface area contributed by atoms with E-state index in [9.17, 15) is 12.8 Å². The number of nitrogens with two attached hydrogens (primary N) is 1. The zero-order chi connectivity index (χ0) is 10.6. The van der Waals surface area contributed by atoms with E-state index >= 15 is 0 Å². The van der Waals surface area contributed by atoms with Gasteiger partial charge in [-0.1, -0.05) is 0 Å². The first-order valence-corrected chi connectivity index (χ1v) is 5.51.